The van der Waals surface area contributed by atoms with Crippen molar-refractivity contribution in [2.24, 2.45) is 0 Å². The molecule has 0 saturated carbocycles. The zero-order valence-corrected chi connectivity index (χ0v) is 40.9. The first kappa shape index (κ1) is 60.0. The van der Waals surface area contributed by atoms with Crippen LogP contribution in [-0.2, 0) is 28.6 Å². The van der Waals surface area contributed by atoms with E-state index in [1.807, 2.05) is 103 Å². The molecule has 65 heavy (non-hydrogen) atoms. The molecule has 0 radical (unpaired) electrons. The summed E-state index contributed by atoms with van der Waals surface area (Å²) in [6.07, 6.45) is 75.2. The fraction of sp³-hybridized carbons (Fsp3) is 0.508. The molecule has 0 saturated heterocycles. The van der Waals surface area contributed by atoms with Gasteiger partial charge in [-0.05, 0) is 83.5 Å². The van der Waals surface area contributed by atoms with Crippen molar-refractivity contribution in [2.45, 2.75) is 181 Å². The van der Waals surface area contributed by atoms with Crippen molar-refractivity contribution in [1.82, 2.24) is 0 Å². The van der Waals surface area contributed by atoms with E-state index in [4.69, 9.17) is 14.2 Å². The van der Waals surface area contributed by atoms with Gasteiger partial charge in [0.1, 0.15) is 13.2 Å². The Morgan fingerprint density at radius 2 is 0.646 bits per heavy atom. The summed E-state index contributed by atoms with van der Waals surface area (Å²) < 4.78 is 16.7. The van der Waals surface area contributed by atoms with E-state index in [1.165, 1.54) is 38.5 Å². The summed E-state index contributed by atoms with van der Waals surface area (Å²) >= 11 is 0. The van der Waals surface area contributed by atoms with Gasteiger partial charge in [-0.2, -0.15) is 0 Å². The van der Waals surface area contributed by atoms with Crippen LogP contribution in [0, 0.1) is 0 Å². The molecule has 0 aliphatic rings. The minimum Gasteiger partial charge on any atom is -0.462 e. The molecule has 0 aromatic heterocycles. The van der Waals surface area contributed by atoms with Crippen LogP contribution in [0.1, 0.15) is 175 Å². The number of unbranched alkanes of at least 4 members (excludes halogenated alkanes) is 13. The van der Waals surface area contributed by atoms with E-state index in [-0.39, 0.29) is 44.0 Å². The van der Waals surface area contributed by atoms with Crippen LogP contribution < -0.4 is 0 Å². The number of esters is 3. The third-order valence-corrected chi connectivity index (χ3v) is 9.76. The molecule has 0 aromatic carbocycles. The molecule has 0 aliphatic carbocycles. The van der Waals surface area contributed by atoms with Crippen LogP contribution in [0.4, 0.5) is 0 Å². The average Bonchev–Trinajstić information content (AvgIpc) is 3.30. The standard InChI is InChI=1S/C59H88O6/c1-4-7-10-13-16-19-22-25-27-28-29-30-32-34-37-40-43-46-49-52-58(61)64-55-56(54-63-57(60)51-48-45-42-39-36-33-24-21-18-15-12-9-6-3)65-59(62)53-50-47-44-41-38-35-31-26-23-20-17-14-11-8-5-2/h7-12,14-21,23-27,31,33,35-36,38-39,42,56H,4-6,13,22,28-30,32,34,37,40-41,43-55H2,1-3H3/b10-7+,11-8+,12-9+,17-14+,18-15+,19-16+,23-20+,24-21+,27-25+,31-26+,36-33+,38-35+,42-39+. The number of carbonyl (C=O) groups excluding carboxylic acids is 3. The van der Waals surface area contributed by atoms with Crippen LogP contribution >= 0.6 is 0 Å². The van der Waals surface area contributed by atoms with Gasteiger partial charge in [0.25, 0.3) is 0 Å². The van der Waals surface area contributed by atoms with Gasteiger partial charge in [0, 0.05) is 19.3 Å². The Morgan fingerprint density at radius 1 is 0.323 bits per heavy atom. The first-order valence-corrected chi connectivity index (χ1v) is 25.1. The maximum Gasteiger partial charge on any atom is 0.306 e. The van der Waals surface area contributed by atoms with Gasteiger partial charge in [0.2, 0.25) is 0 Å². The highest BCUT2D eigenvalue weighted by atomic mass is 16.6. The summed E-state index contributed by atoms with van der Waals surface area (Å²) in [5.74, 6) is -1.07. The zero-order valence-electron chi connectivity index (χ0n) is 40.9. The molecule has 360 valence electrons. The lowest BCUT2D eigenvalue weighted by atomic mass is 10.1. The lowest BCUT2D eigenvalue weighted by molar-refractivity contribution is -0.167. The smallest absolute Gasteiger partial charge is 0.306 e. The zero-order chi connectivity index (χ0) is 47.2. The quantitative estimate of drug-likeness (QED) is 0.0200. The van der Waals surface area contributed by atoms with Gasteiger partial charge in [0.05, 0.1) is 0 Å². The van der Waals surface area contributed by atoms with Crippen LogP contribution in [-0.4, -0.2) is 37.2 Å². The number of hydrogen-bond donors (Lipinski definition) is 0. The highest BCUT2D eigenvalue weighted by Crippen LogP contribution is 2.13. The third kappa shape index (κ3) is 49.9. The van der Waals surface area contributed by atoms with Crippen LogP contribution in [0.25, 0.3) is 0 Å². The minimum atomic E-state index is -0.839. The molecule has 0 fully saturated rings. The Labute approximate surface area is 397 Å². The Hall–Kier alpha value is -4.97. The molecule has 0 amide bonds. The van der Waals surface area contributed by atoms with Crippen molar-refractivity contribution < 1.29 is 28.6 Å². The second-order valence-electron chi connectivity index (χ2n) is 15.8. The van der Waals surface area contributed by atoms with Crippen LogP contribution in [0.3, 0.4) is 0 Å². The molecule has 0 aliphatic heterocycles. The first-order valence-electron chi connectivity index (χ1n) is 25.1. The van der Waals surface area contributed by atoms with Gasteiger partial charge < -0.3 is 14.2 Å². The predicted octanol–water partition coefficient (Wildman–Crippen LogP) is 16.6. The first-order chi connectivity index (χ1) is 32.0. The molecule has 1 unspecified atom stereocenters. The van der Waals surface area contributed by atoms with Crippen LogP contribution in [0.15, 0.2) is 158 Å². The molecule has 0 N–H and O–H groups in total. The van der Waals surface area contributed by atoms with Crippen LogP contribution in [0.5, 0.6) is 0 Å². The van der Waals surface area contributed by atoms with E-state index in [1.54, 1.807) is 0 Å². The fourth-order valence-electron chi connectivity index (χ4n) is 6.09. The summed E-state index contributed by atoms with van der Waals surface area (Å²) in [5.41, 5.74) is 0. The number of rotatable bonds is 42. The molecule has 0 aromatic rings. The predicted molar refractivity (Wildman–Crippen MR) is 278 cm³/mol. The van der Waals surface area contributed by atoms with E-state index in [0.717, 1.165) is 83.5 Å². The van der Waals surface area contributed by atoms with Crippen molar-refractivity contribution in [3.05, 3.63) is 158 Å². The van der Waals surface area contributed by atoms with Gasteiger partial charge >= 0.3 is 17.9 Å². The van der Waals surface area contributed by atoms with Gasteiger partial charge in [-0.15, -0.1) is 0 Å². The third-order valence-electron chi connectivity index (χ3n) is 9.76. The molecular formula is C59H88O6. The molecule has 0 bridgehead atoms. The number of hydrogen-bond acceptors (Lipinski definition) is 6. The molecule has 1 atom stereocenters. The SMILES string of the molecule is CC/C=C/C=C/C=C/C=C/C=C/CCCCCC(=O)OC(COC(=O)CCC/C=C/C=C/C=C/C=C/C=C/CC)COC(=O)CCCCCCCCCCC/C=C/C/C=C/C/C=C/CC. The average molecular weight is 893 g/mol. The maximum absolute atomic E-state index is 12.8. The summed E-state index contributed by atoms with van der Waals surface area (Å²) in [6.45, 7) is 6.10. The highest BCUT2D eigenvalue weighted by molar-refractivity contribution is 5.71. The van der Waals surface area contributed by atoms with Crippen molar-refractivity contribution in [2.75, 3.05) is 13.2 Å². The number of carbonyl (C=O) groups is 3. The monoisotopic (exact) mass is 893 g/mol. The normalized spacial score (nSPS) is 13.5. The second-order valence-corrected chi connectivity index (χ2v) is 15.8. The lowest BCUT2D eigenvalue weighted by Gasteiger charge is -2.18. The van der Waals surface area contributed by atoms with Crippen molar-refractivity contribution in [3.63, 3.8) is 0 Å². The Kier molecular flexibility index (Phi) is 47.7. The summed E-state index contributed by atoms with van der Waals surface area (Å²) in [5, 5.41) is 0. The Bertz CT molecular complexity index is 1540. The van der Waals surface area contributed by atoms with Crippen LogP contribution in [0.2, 0.25) is 0 Å². The van der Waals surface area contributed by atoms with Crippen molar-refractivity contribution >= 4 is 17.9 Å². The molecule has 0 rings (SSSR count). The number of allylic oxidation sites excluding steroid dienone is 26. The summed E-state index contributed by atoms with van der Waals surface area (Å²) in [7, 11) is 0. The van der Waals surface area contributed by atoms with Crippen molar-refractivity contribution in [3.8, 4) is 0 Å². The highest BCUT2D eigenvalue weighted by Gasteiger charge is 2.19. The number of ether oxygens (including phenoxy) is 3. The molecule has 6 nitrogen and oxygen atoms in total. The minimum absolute atomic E-state index is 0.129. The Morgan fingerprint density at radius 3 is 1.12 bits per heavy atom. The van der Waals surface area contributed by atoms with Crippen molar-refractivity contribution in [1.29, 1.82) is 0 Å². The molecular weight excluding hydrogens is 805 g/mol. The molecule has 0 spiro atoms. The van der Waals surface area contributed by atoms with E-state index in [2.05, 4.69) is 75.5 Å². The maximum atomic E-state index is 12.8. The van der Waals surface area contributed by atoms with E-state index >= 15 is 0 Å². The van der Waals surface area contributed by atoms with Gasteiger partial charge in [0.15, 0.2) is 6.10 Å². The van der Waals surface area contributed by atoms with Gasteiger partial charge in [-0.25, -0.2) is 0 Å². The fourth-order valence-corrected chi connectivity index (χ4v) is 6.09. The molecule has 0 heterocycles. The molecule has 6 heteroatoms. The van der Waals surface area contributed by atoms with Gasteiger partial charge in [-0.3, -0.25) is 14.4 Å². The summed E-state index contributed by atoms with van der Waals surface area (Å²) in [4.78, 5) is 37.9. The Balaban J connectivity index is 4.56. The lowest BCUT2D eigenvalue weighted by Crippen LogP contribution is -2.30. The van der Waals surface area contributed by atoms with E-state index < -0.39 is 6.10 Å². The summed E-state index contributed by atoms with van der Waals surface area (Å²) in [6, 6.07) is 0. The van der Waals surface area contributed by atoms with E-state index in [9.17, 15) is 14.4 Å². The largest absolute Gasteiger partial charge is 0.462 e. The second kappa shape index (κ2) is 51.7. The van der Waals surface area contributed by atoms with Gasteiger partial charge in [-0.1, -0.05) is 230 Å². The topological polar surface area (TPSA) is 78.9 Å². The van der Waals surface area contributed by atoms with E-state index in [0.29, 0.717) is 19.3 Å².